The third-order valence-electron chi connectivity index (χ3n) is 7.11. The van der Waals surface area contributed by atoms with E-state index in [-0.39, 0.29) is 25.6 Å². The van der Waals surface area contributed by atoms with Crippen LogP contribution in [0, 0.1) is 11.8 Å². The van der Waals surface area contributed by atoms with Crippen LogP contribution in [0.4, 0.5) is 4.79 Å². The zero-order chi connectivity index (χ0) is 21.7. The minimum atomic E-state index is -0.971. The molecule has 0 aromatic heterocycles. The Morgan fingerprint density at radius 3 is 2.30 bits per heavy atom. The van der Waals surface area contributed by atoms with E-state index in [0.717, 1.165) is 51.4 Å². The first-order valence-electron chi connectivity index (χ1n) is 11.2. The van der Waals surface area contributed by atoms with Gasteiger partial charge in [-0.3, -0.25) is 14.8 Å². The first kappa shape index (κ1) is 22.7. The van der Waals surface area contributed by atoms with Crippen LogP contribution in [-0.4, -0.2) is 64.3 Å². The van der Waals surface area contributed by atoms with Crippen molar-refractivity contribution in [3.8, 4) is 0 Å². The summed E-state index contributed by atoms with van der Waals surface area (Å²) in [6.07, 6.45) is 8.16. The number of nitrogens with two attached hydrogens (primary N) is 1. The van der Waals surface area contributed by atoms with Gasteiger partial charge in [0.1, 0.15) is 6.10 Å². The van der Waals surface area contributed by atoms with Gasteiger partial charge in [-0.2, -0.15) is 4.79 Å². The van der Waals surface area contributed by atoms with Gasteiger partial charge in [0.2, 0.25) is 6.41 Å². The van der Waals surface area contributed by atoms with Crippen molar-refractivity contribution in [2.45, 2.75) is 82.8 Å². The molecule has 3 rings (SSSR count). The Morgan fingerprint density at radius 2 is 1.70 bits per heavy atom. The maximum absolute atomic E-state index is 13.8. The molecule has 9 nitrogen and oxygen atoms in total. The number of carbonyl (C=O) groups excluding carboxylic acids is 4. The number of likely N-dealkylation sites (tertiary alicyclic amines) is 1. The first-order valence-corrected chi connectivity index (χ1v) is 11.2. The highest BCUT2D eigenvalue weighted by Gasteiger charge is 2.60. The monoisotopic (exact) mass is 424 g/mol. The van der Waals surface area contributed by atoms with E-state index >= 15 is 0 Å². The molecular weight excluding hydrogens is 390 g/mol. The number of imide groups is 1. The van der Waals surface area contributed by atoms with Gasteiger partial charge in [0, 0.05) is 12.8 Å². The van der Waals surface area contributed by atoms with Crippen LogP contribution in [0.5, 0.6) is 0 Å². The van der Waals surface area contributed by atoms with E-state index in [2.05, 4.69) is 0 Å². The highest BCUT2D eigenvalue weighted by atomic mass is 16.6. The molecule has 0 aromatic carbocycles. The zero-order valence-electron chi connectivity index (χ0n) is 17.5. The van der Waals surface area contributed by atoms with Crippen molar-refractivity contribution in [2.24, 2.45) is 17.6 Å². The molecule has 0 spiro atoms. The van der Waals surface area contributed by atoms with Crippen molar-refractivity contribution in [1.82, 2.24) is 5.06 Å². The minimum Gasteiger partial charge on any atom is -0.416 e. The van der Waals surface area contributed by atoms with Gasteiger partial charge in [-0.15, -0.1) is 4.48 Å². The second-order valence-corrected chi connectivity index (χ2v) is 9.09. The van der Waals surface area contributed by atoms with Crippen molar-refractivity contribution in [3.63, 3.8) is 0 Å². The second kappa shape index (κ2) is 9.87. The largest absolute Gasteiger partial charge is 0.524 e. The number of primary amides is 1. The fourth-order valence-corrected chi connectivity index (χ4v) is 5.58. The van der Waals surface area contributed by atoms with Crippen molar-refractivity contribution in [2.75, 3.05) is 13.1 Å². The maximum Gasteiger partial charge on any atom is 0.524 e. The summed E-state index contributed by atoms with van der Waals surface area (Å²) in [5.74, 6) is -1.63. The van der Waals surface area contributed by atoms with Crippen LogP contribution in [0.1, 0.15) is 70.6 Å². The summed E-state index contributed by atoms with van der Waals surface area (Å²) >= 11 is 0. The summed E-state index contributed by atoms with van der Waals surface area (Å²) in [5, 5.41) is 10.3. The summed E-state index contributed by atoms with van der Waals surface area (Å²) in [4.78, 5) is 50.5. The molecule has 1 unspecified atom stereocenters. The molecule has 0 aromatic rings. The normalized spacial score (nSPS) is 28.4. The van der Waals surface area contributed by atoms with Gasteiger partial charge < -0.3 is 10.5 Å². The lowest BCUT2D eigenvalue weighted by Crippen LogP contribution is -2.66. The number of quaternary nitrogens is 1. The molecule has 1 aliphatic heterocycles. The summed E-state index contributed by atoms with van der Waals surface area (Å²) in [6.45, 7) is -0.0489. The Morgan fingerprint density at radius 1 is 1.07 bits per heavy atom. The maximum atomic E-state index is 13.8. The smallest absolute Gasteiger partial charge is 0.416 e. The molecule has 3 fully saturated rings. The van der Waals surface area contributed by atoms with Gasteiger partial charge in [-0.05, 0) is 38.0 Å². The lowest BCUT2D eigenvalue weighted by molar-refractivity contribution is -0.787. The van der Waals surface area contributed by atoms with Gasteiger partial charge in [-0.1, -0.05) is 25.7 Å². The van der Waals surface area contributed by atoms with Crippen LogP contribution >= 0.6 is 0 Å². The Hall–Kier alpha value is -2.00. The van der Waals surface area contributed by atoms with Gasteiger partial charge >= 0.3 is 12.0 Å². The molecule has 0 radical (unpaired) electrons. The summed E-state index contributed by atoms with van der Waals surface area (Å²) in [7, 11) is 0. The van der Waals surface area contributed by atoms with Crippen molar-refractivity contribution >= 4 is 24.3 Å². The Kier molecular flexibility index (Phi) is 7.46. The second-order valence-electron chi connectivity index (χ2n) is 9.09. The molecule has 4 amide bonds. The number of ether oxygens (including phenoxy) is 1. The standard InChI is InChI=1S/C21H33N3O6/c22-19(26)18-10-5-11-24(18,21(28)30-17-8-3-4-9-17)20(27)16(13-23(29)14-25)12-15-6-1-2-7-15/h14-18,29H,1-13H2,(H-,22,26)/p+1/t16-,18+,24?/m1/s1. The number of hydroxylamine groups is 2. The van der Waals surface area contributed by atoms with Crippen LogP contribution in [-0.2, 0) is 19.1 Å². The molecule has 30 heavy (non-hydrogen) atoms. The average Bonchev–Trinajstić information content (AvgIpc) is 3.48. The van der Waals surface area contributed by atoms with Crippen LogP contribution in [0.15, 0.2) is 0 Å². The third kappa shape index (κ3) is 4.67. The third-order valence-corrected chi connectivity index (χ3v) is 7.11. The van der Waals surface area contributed by atoms with E-state index in [9.17, 15) is 24.4 Å². The number of nitrogens with zero attached hydrogens (tertiary/aromatic N) is 2. The van der Waals surface area contributed by atoms with Crippen LogP contribution in [0.3, 0.4) is 0 Å². The summed E-state index contributed by atoms with van der Waals surface area (Å²) < 4.78 is 4.97. The van der Waals surface area contributed by atoms with Crippen molar-refractivity contribution < 1.29 is 33.6 Å². The van der Waals surface area contributed by atoms with Gasteiger partial charge in [-0.25, -0.2) is 9.86 Å². The van der Waals surface area contributed by atoms with E-state index in [1.54, 1.807) is 0 Å². The zero-order valence-corrected chi connectivity index (χ0v) is 17.5. The average molecular weight is 425 g/mol. The van der Waals surface area contributed by atoms with Gasteiger partial charge in [0.25, 0.3) is 5.91 Å². The molecule has 168 valence electrons. The molecule has 1 saturated heterocycles. The minimum absolute atomic E-state index is 0.158. The fourth-order valence-electron chi connectivity index (χ4n) is 5.58. The summed E-state index contributed by atoms with van der Waals surface area (Å²) in [6, 6.07) is -0.971. The molecule has 9 heteroatoms. The molecule has 3 atom stereocenters. The molecule has 3 aliphatic rings. The van der Waals surface area contributed by atoms with Crippen molar-refractivity contribution in [1.29, 1.82) is 0 Å². The number of hydrogen-bond donors (Lipinski definition) is 2. The quantitative estimate of drug-likeness (QED) is 0.266. The highest BCUT2D eigenvalue weighted by molar-refractivity contribution is 5.89. The van der Waals surface area contributed by atoms with Crippen molar-refractivity contribution in [3.05, 3.63) is 0 Å². The molecular formula is C21H34N3O6+. The molecule has 2 saturated carbocycles. The molecule has 3 N–H and O–H groups in total. The van der Waals surface area contributed by atoms with Crippen LogP contribution < -0.4 is 5.73 Å². The highest BCUT2D eigenvalue weighted by Crippen LogP contribution is 2.37. The first-order chi connectivity index (χ1) is 14.4. The van der Waals surface area contributed by atoms with E-state index in [1.165, 1.54) is 0 Å². The fraction of sp³-hybridized carbons (Fsp3) is 0.810. The molecule has 2 aliphatic carbocycles. The predicted octanol–water partition coefficient (Wildman–Crippen LogP) is 2.10. The number of rotatable bonds is 8. The van der Waals surface area contributed by atoms with E-state index in [4.69, 9.17) is 10.5 Å². The van der Waals surface area contributed by atoms with E-state index in [1.807, 2.05) is 0 Å². The number of hydrogen-bond acceptors (Lipinski definition) is 6. The topological polar surface area (TPSA) is 127 Å². The van der Waals surface area contributed by atoms with Gasteiger partial charge in [0.15, 0.2) is 6.04 Å². The predicted molar refractivity (Wildman–Crippen MR) is 106 cm³/mol. The molecule has 1 heterocycles. The number of carbonyl (C=O) groups is 4. The summed E-state index contributed by atoms with van der Waals surface area (Å²) in [5.41, 5.74) is 5.62. The lowest BCUT2D eigenvalue weighted by Gasteiger charge is -2.36. The molecule has 0 bridgehead atoms. The van der Waals surface area contributed by atoms with Crippen LogP contribution in [0.2, 0.25) is 0 Å². The van der Waals surface area contributed by atoms with E-state index in [0.29, 0.717) is 30.2 Å². The van der Waals surface area contributed by atoms with Crippen LogP contribution in [0.25, 0.3) is 0 Å². The Balaban J connectivity index is 1.89. The number of amides is 4. The Bertz CT molecular complexity index is 659. The SMILES string of the molecule is NC(=O)[C@@H]1CCC[N+]1(C(=O)OC1CCCC1)C(=O)[C@H](CC1CCCC1)CN(O)C=O. The Labute approximate surface area is 177 Å². The van der Waals surface area contributed by atoms with E-state index < -0.39 is 34.4 Å². The van der Waals surface area contributed by atoms with Gasteiger partial charge in [0.05, 0.1) is 19.0 Å². The lowest BCUT2D eigenvalue weighted by atomic mass is 9.91.